The highest BCUT2D eigenvalue weighted by atomic mass is 35.5. The molecule has 2 aromatic rings. The third-order valence-electron chi connectivity index (χ3n) is 3.19. The normalized spacial score (nSPS) is 19.1. The summed E-state index contributed by atoms with van der Waals surface area (Å²) in [6, 6.07) is 7.17. The van der Waals surface area contributed by atoms with Crippen molar-refractivity contribution >= 4 is 33.5 Å². The van der Waals surface area contributed by atoms with Crippen molar-refractivity contribution in [1.82, 2.24) is 15.0 Å². The van der Waals surface area contributed by atoms with Crippen LogP contribution in [0.25, 0.3) is 11.1 Å². The molecular weight excluding hydrogens is 302 g/mol. The number of hydrogen-bond donors (Lipinski definition) is 2. The fourth-order valence-corrected chi connectivity index (χ4v) is 3.13. The highest BCUT2D eigenvalue weighted by Gasteiger charge is 2.23. The van der Waals surface area contributed by atoms with Gasteiger partial charge in [-0.2, -0.15) is 4.98 Å². The molecule has 0 aliphatic carbocycles. The van der Waals surface area contributed by atoms with Gasteiger partial charge < -0.3 is 9.73 Å². The highest BCUT2D eigenvalue weighted by molar-refractivity contribution is 7.89. The average Bonchev–Trinajstić information content (AvgIpc) is 3.05. The number of para-hydroxylation sites is 2. The molecular formula is C12H16ClN3O3S. The molecule has 0 radical (unpaired) electrons. The molecule has 110 valence electrons. The molecule has 0 saturated carbocycles. The third-order valence-corrected chi connectivity index (χ3v) is 4.37. The number of hydrogen-bond acceptors (Lipinski definition) is 5. The van der Waals surface area contributed by atoms with Gasteiger partial charge in [-0.15, -0.1) is 12.4 Å². The van der Waals surface area contributed by atoms with Gasteiger partial charge in [0.15, 0.2) is 5.58 Å². The largest absolute Gasteiger partial charge is 0.427 e. The topological polar surface area (TPSA) is 84.2 Å². The second-order valence-corrected chi connectivity index (χ2v) is 6.24. The molecule has 8 heteroatoms. The van der Waals surface area contributed by atoms with Crippen LogP contribution < -0.4 is 10.0 Å². The van der Waals surface area contributed by atoms with E-state index in [2.05, 4.69) is 15.0 Å². The summed E-state index contributed by atoms with van der Waals surface area (Å²) in [5.74, 6) is 0. The molecule has 1 saturated heterocycles. The molecule has 1 aromatic carbocycles. The second-order valence-electron chi connectivity index (χ2n) is 4.59. The van der Waals surface area contributed by atoms with Gasteiger partial charge in [0.2, 0.25) is 0 Å². The molecule has 1 atom stereocenters. The lowest BCUT2D eigenvalue weighted by molar-refractivity contribution is 0.450. The fraction of sp³-hybridized carbons (Fsp3) is 0.417. The van der Waals surface area contributed by atoms with Gasteiger partial charge in [-0.25, -0.2) is 13.1 Å². The predicted octanol–water partition coefficient (Wildman–Crippen LogP) is 1.28. The molecule has 1 unspecified atom stereocenters. The van der Waals surface area contributed by atoms with Crippen LogP contribution in [0.15, 0.2) is 33.9 Å². The van der Waals surface area contributed by atoms with Crippen molar-refractivity contribution in [1.29, 1.82) is 0 Å². The van der Waals surface area contributed by atoms with Crippen LogP contribution in [0.1, 0.15) is 12.8 Å². The molecule has 1 fully saturated rings. The highest BCUT2D eigenvalue weighted by Crippen LogP contribution is 2.18. The van der Waals surface area contributed by atoms with Crippen molar-refractivity contribution in [3.05, 3.63) is 24.3 Å². The van der Waals surface area contributed by atoms with E-state index in [1.54, 1.807) is 24.3 Å². The first-order valence-electron chi connectivity index (χ1n) is 6.24. The standard InChI is InChI=1S/C12H15N3O3S.ClH/c16-19(17,14-8-9-4-3-7-13-9)12-15-10-5-1-2-6-11(10)18-12;/h1-2,5-6,9,13-14H,3-4,7-8H2;1H. The zero-order valence-corrected chi connectivity index (χ0v) is 12.3. The van der Waals surface area contributed by atoms with Crippen molar-refractivity contribution < 1.29 is 12.8 Å². The van der Waals surface area contributed by atoms with E-state index in [1.807, 2.05) is 0 Å². The second kappa shape index (κ2) is 6.09. The molecule has 2 heterocycles. The summed E-state index contributed by atoms with van der Waals surface area (Å²) in [7, 11) is -3.68. The van der Waals surface area contributed by atoms with E-state index in [4.69, 9.17) is 4.42 Å². The lowest BCUT2D eigenvalue weighted by atomic mass is 10.2. The first-order valence-corrected chi connectivity index (χ1v) is 7.72. The predicted molar refractivity (Wildman–Crippen MR) is 77.5 cm³/mol. The number of benzene rings is 1. The summed E-state index contributed by atoms with van der Waals surface area (Å²) in [6.07, 6.45) is 2.06. The lowest BCUT2D eigenvalue weighted by Crippen LogP contribution is -2.37. The van der Waals surface area contributed by atoms with Gasteiger partial charge in [0.1, 0.15) is 5.52 Å². The van der Waals surface area contributed by atoms with Gasteiger partial charge in [0.05, 0.1) is 0 Å². The number of oxazole rings is 1. The molecule has 3 rings (SSSR count). The summed E-state index contributed by atoms with van der Waals surface area (Å²) >= 11 is 0. The maximum atomic E-state index is 12.1. The number of nitrogens with one attached hydrogen (secondary N) is 2. The van der Waals surface area contributed by atoms with Crippen LogP contribution in [-0.4, -0.2) is 32.5 Å². The Morgan fingerprint density at radius 2 is 2.20 bits per heavy atom. The summed E-state index contributed by atoms with van der Waals surface area (Å²) in [6.45, 7) is 1.30. The third kappa shape index (κ3) is 3.12. The molecule has 6 nitrogen and oxygen atoms in total. The number of halogens is 1. The monoisotopic (exact) mass is 317 g/mol. The van der Waals surface area contributed by atoms with Crippen LogP contribution in [0.5, 0.6) is 0 Å². The maximum Gasteiger partial charge on any atom is 0.331 e. The number of sulfonamides is 1. The Balaban J connectivity index is 0.00000147. The fourth-order valence-electron chi connectivity index (χ4n) is 2.17. The molecule has 20 heavy (non-hydrogen) atoms. The maximum absolute atomic E-state index is 12.1. The van der Waals surface area contributed by atoms with Gasteiger partial charge in [-0.1, -0.05) is 12.1 Å². The minimum atomic E-state index is -3.68. The molecule has 0 bridgehead atoms. The molecule has 1 aliphatic heterocycles. The first kappa shape index (κ1) is 15.2. The van der Waals surface area contributed by atoms with Crippen LogP contribution in [-0.2, 0) is 10.0 Å². The van der Waals surface area contributed by atoms with E-state index in [0.717, 1.165) is 19.4 Å². The smallest absolute Gasteiger partial charge is 0.331 e. The number of nitrogens with zero attached hydrogens (tertiary/aromatic N) is 1. The van der Waals surface area contributed by atoms with Gasteiger partial charge in [0.25, 0.3) is 10.0 Å². The van der Waals surface area contributed by atoms with Gasteiger partial charge in [-0.05, 0) is 31.5 Å². The SMILES string of the molecule is Cl.O=S(=O)(NCC1CCCN1)c1nc2ccccc2o1. The van der Waals surface area contributed by atoms with Crippen molar-refractivity contribution in [2.45, 2.75) is 24.1 Å². The van der Waals surface area contributed by atoms with Crippen molar-refractivity contribution in [3.63, 3.8) is 0 Å². The number of aromatic nitrogens is 1. The van der Waals surface area contributed by atoms with Crippen molar-refractivity contribution in [3.8, 4) is 0 Å². The van der Waals surface area contributed by atoms with E-state index in [-0.39, 0.29) is 23.7 Å². The van der Waals surface area contributed by atoms with Gasteiger partial charge in [-0.3, -0.25) is 0 Å². The first-order chi connectivity index (χ1) is 9.15. The van der Waals surface area contributed by atoms with Crippen molar-refractivity contribution in [2.75, 3.05) is 13.1 Å². The summed E-state index contributed by atoms with van der Waals surface area (Å²) in [5, 5.41) is 2.96. The van der Waals surface area contributed by atoms with E-state index in [0.29, 0.717) is 17.6 Å². The molecule has 1 aromatic heterocycles. The Kier molecular flexibility index (Phi) is 4.64. The molecule has 0 spiro atoms. The van der Waals surface area contributed by atoms with E-state index >= 15 is 0 Å². The zero-order valence-electron chi connectivity index (χ0n) is 10.7. The van der Waals surface area contributed by atoms with E-state index in [1.165, 1.54) is 0 Å². The molecule has 0 amide bonds. The number of rotatable bonds is 4. The van der Waals surface area contributed by atoms with Crippen molar-refractivity contribution in [2.24, 2.45) is 0 Å². The van der Waals surface area contributed by atoms with Crippen LogP contribution in [0.4, 0.5) is 0 Å². The quantitative estimate of drug-likeness (QED) is 0.887. The number of fused-ring (bicyclic) bond motifs is 1. The summed E-state index contributed by atoms with van der Waals surface area (Å²) < 4.78 is 31.9. The minimum Gasteiger partial charge on any atom is -0.427 e. The van der Waals surface area contributed by atoms with Gasteiger partial charge >= 0.3 is 5.22 Å². The van der Waals surface area contributed by atoms with Crippen LogP contribution in [0.2, 0.25) is 0 Å². The Bertz CT molecular complexity index is 647. The van der Waals surface area contributed by atoms with E-state index < -0.39 is 10.0 Å². The van der Waals surface area contributed by atoms with Crippen LogP contribution in [0.3, 0.4) is 0 Å². The Labute approximate surface area is 123 Å². The summed E-state index contributed by atoms with van der Waals surface area (Å²) in [5.41, 5.74) is 1.02. The average molecular weight is 318 g/mol. The Morgan fingerprint density at radius 3 is 2.90 bits per heavy atom. The Morgan fingerprint density at radius 1 is 1.40 bits per heavy atom. The molecule has 1 aliphatic rings. The Hall–Kier alpha value is -1.15. The summed E-state index contributed by atoms with van der Waals surface area (Å²) in [4.78, 5) is 3.99. The van der Waals surface area contributed by atoms with E-state index in [9.17, 15) is 8.42 Å². The minimum absolute atomic E-state index is 0. The zero-order chi connectivity index (χ0) is 13.3. The lowest BCUT2D eigenvalue weighted by Gasteiger charge is -2.09. The van der Waals surface area contributed by atoms with Gasteiger partial charge in [0, 0.05) is 12.6 Å². The van der Waals surface area contributed by atoms with Crippen LogP contribution in [0, 0.1) is 0 Å². The van der Waals surface area contributed by atoms with Crippen LogP contribution >= 0.6 is 12.4 Å². The molecule has 2 N–H and O–H groups in total.